The van der Waals surface area contributed by atoms with E-state index >= 15 is 0 Å². The van der Waals surface area contributed by atoms with Crippen molar-refractivity contribution in [3.63, 3.8) is 0 Å². The minimum absolute atomic E-state index is 0.149. The maximum atomic E-state index is 13.4. The summed E-state index contributed by atoms with van der Waals surface area (Å²) in [6, 6.07) is 16.9. The van der Waals surface area contributed by atoms with Gasteiger partial charge in [-0.05, 0) is 41.0 Å². The van der Waals surface area contributed by atoms with Gasteiger partial charge in [0.1, 0.15) is 0 Å². The van der Waals surface area contributed by atoms with Gasteiger partial charge in [-0.3, -0.25) is 4.79 Å². The van der Waals surface area contributed by atoms with E-state index in [4.69, 9.17) is 0 Å². The normalized spacial score (nSPS) is 17.3. The number of ketones is 1. The lowest BCUT2D eigenvalue weighted by Gasteiger charge is -2.15. The molecular weight excluding hydrogens is 375 g/mol. The molecular formula is C24H20F3NO. The molecule has 0 bridgehead atoms. The number of halogens is 3. The fraction of sp³-hybridized carbons (Fsp3) is 0.208. The lowest BCUT2D eigenvalue weighted by molar-refractivity contribution is -0.137. The molecule has 3 aromatic rings. The molecule has 29 heavy (non-hydrogen) atoms. The van der Waals surface area contributed by atoms with Gasteiger partial charge in [0.15, 0.2) is 5.78 Å². The zero-order valence-electron chi connectivity index (χ0n) is 16.1. The summed E-state index contributed by atoms with van der Waals surface area (Å²) in [4.78, 5) is 13.4. The number of carbonyl (C=O) groups is 1. The molecule has 2 nitrogen and oxygen atoms in total. The average molecular weight is 395 g/mol. The van der Waals surface area contributed by atoms with E-state index in [2.05, 4.69) is 11.4 Å². The monoisotopic (exact) mass is 395 g/mol. The van der Waals surface area contributed by atoms with Gasteiger partial charge in [0.05, 0.1) is 11.5 Å². The van der Waals surface area contributed by atoms with Gasteiger partial charge in [0.25, 0.3) is 0 Å². The molecule has 0 saturated carbocycles. The zero-order valence-corrected chi connectivity index (χ0v) is 16.1. The Morgan fingerprint density at radius 2 is 1.76 bits per heavy atom. The van der Waals surface area contributed by atoms with Crippen molar-refractivity contribution in [3.05, 3.63) is 88.6 Å². The minimum Gasteiger partial charge on any atom is -0.391 e. The molecule has 5 heteroatoms. The van der Waals surface area contributed by atoms with Crippen LogP contribution in [0.25, 0.3) is 16.3 Å². The number of allylic oxidation sites excluding steroid dienone is 2. The predicted molar refractivity (Wildman–Crippen MR) is 108 cm³/mol. The lowest BCUT2D eigenvalue weighted by Crippen LogP contribution is -2.10. The van der Waals surface area contributed by atoms with Crippen molar-refractivity contribution in [2.45, 2.75) is 25.4 Å². The van der Waals surface area contributed by atoms with E-state index in [9.17, 15) is 18.0 Å². The molecule has 0 saturated heterocycles. The molecule has 0 radical (unpaired) electrons. The van der Waals surface area contributed by atoms with Crippen molar-refractivity contribution >= 4 is 22.1 Å². The van der Waals surface area contributed by atoms with Gasteiger partial charge in [0.2, 0.25) is 0 Å². The van der Waals surface area contributed by atoms with Crippen LogP contribution in [-0.2, 0) is 11.0 Å². The first kappa shape index (κ1) is 19.2. The van der Waals surface area contributed by atoms with Crippen molar-refractivity contribution in [1.82, 2.24) is 5.32 Å². The van der Waals surface area contributed by atoms with Gasteiger partial charge < -0.3 is 5.32 Å². The summed E-state index contributed by atoms with van der Waals surface area (Å²) < 4.78 is 39.5. The van der Waals surface area contributed by atoms with E-state index < -0.39 is 17.7 Å². The second kappa shape index (κ2) is 7.07. The Morgan fingerprint density at radius 1 is 1.00 bits per heavy atom. The molecule has 0 spiro atoms. The molecule has 0 amide bonds. The van der Waals surface area contributed by atoms with Crippen molar-refractivity contribution in [2.24, 2.45) is 0 Å². The van der Waals surface area contributed by atoms with E-state index in [-0.39, 0.29) is 5.78 Å². The molecule has 1 aliphatic carbocycles. The molecule has 0 aromatic heterocycles. The van der Waals surface area contributed by atoms with Crippen LogP contribution in [0.1, 0.15) is 34.6 Å². The van der Waals surface area contributed by atoms with Crippen molar-refractivity contribution < 1.29 is 18.0 Å². The molecule has 148 valence electrons. The van der Waals surface area contributed by atoms with Crippen molar-refractivity contribution in [1.29, 1.82) is 0 Å². The second-order valence-corrected chi connectivity index (χ2v) is 7.38. The van der Waals surface area contributed by atoms with E-state index in [1.165, 1.54) is 6.07 Å². The predicted octanol–water partition coefficient (Wildman–Crippen LogP) is 5.85. The topological polar surface area (TPSA) is 29.1 Å². The number of hydrogen-bond donors (Lipinski definition) is 1. The van der Waals surface area contributed by atoms with Gasteiger partial charge in [-0.25, -0.2) is 0 Å². The number of alkyl halides is 3. The third kappa shape index (κ3) is 3.41. The van der Waals surface area contributed by atoms with E-state index in [1.807, 2.05) is 37.3 Å². The quantitative estimate of drug-likeness (QED) is 0.602. The summed E-state index contributed by atoms with van der Waals surface area (Å²) in [6.07, 6.45) is -4.02. The molecule has 3 aromatic carbocycles. The zero-order chi connectivity index (χ0) is 20.8. The van der Waals surface area contributed by atoms with Crippen LogP contribution in [0.3, 0.4) is 0 Å². The fourth-order valence-electron chi connectivity index (χ4n) is 4.15. The van der Waals surface area contributed by atoms with E-state index in [0.717, 1.165) is 34.0 Å². The highest BCUT2D eigenvalue weighted by Gasteiger charge is 2.37. The number of nitrogens with one attached hydrogen (secondary N) is 1. The van der Waals surface area contributed by atoms with Crippen LogP contribution in [0.4, 0.5) is 13.2 Å². The Balaban J connectivity index is 1.81. The average Bonchev–Trinajstić information content (AvgIpc) is 3.03. The largest absolute Gasteiger partial charge is 0.416 e. The first-order valence-corrected chi connectivity index (χ1v) is 9.41. The standard InChI is InChI=1S/C24H20F3NO/c1-14-10-15-6-3-4-9-18(15)19(11-14)20-13-21(28-2)22(23(20)29)16-7-5-8-17(12-16)24(25,26)27/h3-12,20,28H,13H2,1-2H3. The number of aryl methyl sites for hydroxylation is 1. The summed E-state index contributed by atoms with van der Waals surface area (Å²) in [5, 5.41) is 5.09. The SMILES string of the molecule is CNC1=C(c2cccc(C(F)(F)F)c2)C(=O)C(c2cc(C)cc3ccccc23)C1. The number of carbonyl (C=O) groups excluding carboxylic acids is 1. The maximum Gasteiger partial charge on any atom is 0.416 e. The van der Waals surface area contributed by atoms with Gasteiger partial charge in [-0.15, -0.1) is 0 Å². The summed E-state index contributed by atoms with van der Waals surface area (Å²) in [6.45, 7) is 1.98. The van der Waals surface area contributed by atoms with E-state index in [1.54, 1.807) is 13.1 Å². The molecule has 0 heterocycles. The first-order chi connectivity index (χ1) is 13.8. The highest BCUT2D eigenvalue weighted by molar-refractivity contribution is 6.27. The number of benzene rings is 3. The van der Waals surface area contributed by atoms with Crippen LogP contribution in [0.15, 0.2) is 66.4 Å². The van der Waals surface area contributed by atoms with E-state index in [0.29, 0.717) is 23.3 Å². The Hall–Kier alpha value is -3.08. The fourth-order valence-corrected chi connectivity index (χ4v) is 4.15. The van der Waals surface area contributed by atoms with Gasteiger partial charge in [-0.2, -0.15) is 13.2 Å². The number of Topliss-reactive ketones (excluding diaryl/α,β-unsaturated/α-hetero) is 1. The van der Waals surface area contributed by atoms with Crippen LogP contribution in [0.5, 0.6) is 0 Å². The van der Waals surface area contributed by atoms with Crippen LogP contribution in [-0.4, -0.2) is 12.8 Å². The third-order valence-electron chi connectivity index (χ3n) is 5.47. The van der Waals surface area contributed by atoms with Crippen molar-refractivity contribution in [2.75, 3.05) is 7.05 Å². The van der Waals surface area contributed by atoms with Crippen LogP contribution in [0, 0.1) is 6.92 Å². The Kier molecular flexibility index (Phi) is 4.69. The summed E-state index contributed by atoms with van der Waals surface area (Å²) >= 11 is 0. The van der Waals surface area contributed by atoms with Gasteiger partial charge >= 0.3 is 6.18 Å². The highest BCUT2D eigenvalue weighted by Crippen LogP contribution is 2.42. The summed E-state index contributed by atoms with van der Waals surface area (Å²) in [5.41, 5.74) is 2.52. The number of fused-ring (bicyclic) bond motifs is 1. The highest BCUT2D eigenvalue weighted by atomic mass is 19.4. The number of hydrogen-bond acceptors (Lipinski definition) is 2. The second-order valence-electron chi connectivity index (χ2n) is 7.38. The summed E-state index contributed by atoms with van der Waals surface area (Å²) in [7, 11) is 1.70. The van der Waals surface area contributed by atoms with Crippen LogP contribution >= 0.6 is 0 Å². The molecule has 1 unspecified atom stereocenters. The lowest BCUT2D eigenvalue weighted by atomic mass is 9.88. The number of rotatable bonds is 3. The smallest absolute Gasteiger partial charge is 0.391 e. The summed E-state index contributed by atoms with van der Waals surface area (Å²) in [5.74, 6) is -0.573. The molecule has 4 rings (SSSR count). The van der Waals surface area contributed by atoms with Crippen LogP contribution in [0.2, 0.25) is 0 Å². The first-order valence-electron chi connectivity index (χ1n) is 9.41. The van der Waals surface area contributed by atoms with Crippen LogP contribution < -0.4 is 5.32 Å². The maximum absolute atomic E-state index is 13.4. The minimum atomic E-state index is -4.45. The molecule has 1 aliphatic rings. The molecule has 0 aliphatic heterocycles. The van der Waals surface area contributed by atoms with Gasteiger partial charge in [0, 0.05) is 24.7 Å². The third-order valence-corrected chi connectivity index (χ3v) is 5.47. The molecule has 0 fully saturated rings. The Morgan fingerprint density at radius 3 is 2.48 bits per heavy atom. The van der Waals surface area contributed by atoms with Crippen molar-refractivity contribution in [3.8, 4) is 0 Å². The van der Waals surface area contributed by atoms with Gasteiger partial charge in [-0.1, -0.05) is 54.1 Å². The molecule has 1 N–H and O–H groups in total. The Labute approximate surface area is 167 Å². The Bertz CT molecular complexity index is 1140. The molecule has 1 atom stereocenters.